The zero-order valence-electron chi connectivity index (χ0n) is 17.5. The molecule has 0 unspecified atom stereocenters. The van der Waals surface area contributed by atoms with Crippen molar-refractivity contribution < 1.29 is 9.47 Å². The van der Waals surface area contributed by atoms with Crippen molar-refractivity contribution in [2.75, 3.05) is 13.2 Å². The second-order valence-corrected chi connectivity index (χ2v) is 8.71. The zero-order chi connectivity index (χ0) is 20.7. The van der Waals surface area contributed by atoms with Crippen molar-refractivity contribution in [1.29, 1.82) is 0 Å². The summed E-state index contributed by atoms with van der Waals surface area (Å²) in [6.45, 7) is 12.0. The lowest BCUT2D eigenvalue weighted by molar-refractivity contribution is 0.263. The number of ether oxygens (including phenoxy) is 2. The maximum Gasteiger partial charge on any atom is 0.127 e. The molecular weight excluding hydrogens is 384 g/mol. The summed E-state index contributed by atoms with van der Waals surface area (Å²) in [6.07, 6.45) is 1.02. The molecule has 2 aromatic carbocycles. The molecule has 0 aromatic heterocycles. The van der Waals surface area contributed by atoms with Gasteiger partial charge in [0.25, 0.3) is 0 Å². The molecule has 0 spiro atoms. The van der Waals surface area contributed by atoms with Crippen LogP contribution in [0.1, 0.15) is 51.3 Å². The van der Waals surface area contributed by atoms with Gasteiger partial charge in [-0.25, -0.2) is 0 Å². The second-order valence-electron chi connectivity index (χ2n) is 7.82. The molecule has 0 saturated heterocycles. The molecule has 0 radical (unpaired) electrons. The van der Waals surface area contributed by atoms with Crippen LogP contribution in [0.5, 0.6) is 11.5 Å². The standard InChI is InChI=1S/C24H32O2S2/c1-6-18-7-9-19(10-8-18)23(27)24(28)21-13-20(25-14-16(2)3)11-12-22(21)26-15-17(4)5/h7-13,16-17,27-28H,6,14-15H2,1-5H3/b24-23-. The van der Waals surface area contributed by atoms with E-state index < -0.39 is 0 Å². The predicted octanol–water partition coefficient (Wildman–Crippen LogP) is 7.00. The summed E-state index contributed by atoms with van der Waals surface area (Å²) in [7, 11) is 0. The molecule has 0 amide bonds. The Morgan fingerprint density at radius 3 is 2.00 bits per heavy atom. The SMILES string of the molecule is CCc1ccc(/C(S)=C(/S)c2cc(OCC(C)C)ccc2OCC(C)C)cc1. The molecule has 0 saturated carbocycles. The second kappa shape index (κ2) is 10.9. The molecule has 2 nitrogen and oxygen atoms in total. The normalized spacial score (nSPS) is 12.3. The quantitative estimate of drug-likeness (QED) is 0.338. The van der Waals surface area contributed by atoms with Gasteiger partial charge in [-0.05, 0) is 47.6 Å². The van der Waals surface area contributed by atoms with E-state index in [-0.39, 0.29) is 0 Å². The first-order valence-electron chi connectivity index (χ1n) is 9.93. The number of hydrogen-bond acceptors (Lipinski definition) is 4. The van der Waals surface area contributed by atoms with E-state index in [0.29, 0.717) is 25.0 Å². The third-order valence-electron chi connectivity index (χ3n) is 4.22. The molecule has 0 atom stereocenters. The Balaban J connectivity index is 2.42. The molecule has 28 heavy (non-hydrogen) atoms. The highest BCUT2D eigenvalue weighted by Crippen LogP contribution is 2.38. The van der Waals surface area contributed by atoms with E-state index in [9.17, 15) is 0 Å². The average molecular weight is 417 g/mol. The molecule has 0 fully saturated rings. The molecule has 4 heteroatoms. The van der Waals surface area contributed by atoms with Gasteiger partial charge in [-0.2, -0.15) is 0 Å². The minimum Gasteiger partial charge on any atom is -0.493 e. The van der Waals surface area contributed by atoms with E-state index in [1.165, 1.54) is 5.56 Å². The van der Waals surface area contributed by atoms with Crippen LogP contribution in [0.25, 0.3) is 9.81 Å². The smallest absolute Gasteiger partial charge is 0.127 e. The van der Waals surface area contributed by atoms with E-state index in [0.717, 1.165) is 38.9 Å². The van der Waals surface area contributed by atoms with Gasteiger partial charge in [0.1, 0.15) is 11.5 Å². The van der Waals surface area contributed by atoms with Crippen molar-refractivity contribution in [3.05, 3.63) is 59.2 Å². The van der Waals surface area contributed by atoms with Crippen molar-refractivity contribution in [1.82, 2.24) is 0 Å². The topological polar surface area (TPSA) is 18.5 Å². The van der Waals surface area contributed by atoms with Crippen LogP contribution in [0.3, 0.4) is 0 Å². The molecule has 0 aliphatic carbocycles. The zero-order valence-corrected chi connectivity index (χ0v) is 19.3. The summed E-state index contributed by atoms with van der Waals surface area (Å²) in [5.41, 5.74) is 3.24. The minimum atomic E-state index is 0.439. The van der Waals surface area contributed by atoms with Crippen LogP contribution in [0.15, 0.2) is 42.5 Å². The summed E-state index contributed by atoms with van der Waals surface area (Å²) in [5, 5.41) is 0. The fraction of sp³-hybridized carbons (Fsp3) is 0.417. The summed E-state index contributed by atoms with van der Waals surface area (Å²) < 4.78 is 12.0. The van der Waals surface area contributed by atoms with Crippen molar-refractivity contribution in [2.24, 2.45) is 11.8 Å². The Bertz CT molecular complexity index is 793. The molecule has 0 aliphatic heterocycles. The van der Waals surface area contributed by atoms with Gasteiger partial charge in [0, 0.05) is 15.4 Å². The summed E-state index contributed by atoms with van der Waals surface area (Å²) in [5.74, 6) is 2.51. The van der Waals surface area contributed by atoms with Crippen LogP contribution >= 0.6 is 25.3 Å². The monoisotopic (exact) mass is 416 g/mol. The Morgan fingerprint density at radius 2 is 1.43 bits per heavy atom. The first-order valence-corrected chi connectivity index (χ1v) is 10.8. The summed E-state index contributed by atoms with van der Waals surface area (Å²) >= 11 is 9.58. The Morgan fingerprint density at radius 1 is 0.821 bits per heavy atom. The highest BCUT2D eigenvalue weighted by Gasteiger charge is 2.14. The van der Waals surface area contributed by atoms with Gasteiger partial charge in [-0.1, -0.05) is 58.9 Å². The number of hydrogen-bond donors (Lipinski definition) is 2. The van der Waals surface area contributed by atoms with Gasteiger partial charge in [-0.15, -0.1) is 25.3 Å². The largest absolute Gasteiger partial charge is 0.493 e. The van der Waals surface area contributed by atoms with Crippen LogP contribution in [-0.2, 0) is 6.42 Å². The van der Waals surface area contributed by atoms with E-state index in [1.807, 2.05) is 18.2 Å². The molecule has 2 aromatic rings. The third kappa shape index (κ3) is 6.52. The molecular formula is C24H32O2S2. The van der Waals surface area contributed by atoms with Crippen molar-refractivity contribution in [2.45, 2.75) is 41.0 Å². The van der Waals surface area contributed by atoms with Gasteiger partial charge < -0.3 is 9.47 Å². The number of rotatable bonds is 9. The minimum absolute atomic E-state index is 0.439. The molecule has 2 rings (SSSR count). The van der Waals surface area contributed by atoms with E-state index >= 15 is 0 Å². The molecule has 152 valence electrons. The summed E-state index contributed by atoms with van der Waals surface area (Å²) in [6, 6.07) is 14.4. The first-order chi connectivity index (χ1) is 13.3. The van der Waals surface area contributed by atoms with E-state index in [4.69, 9.17) is 34.7 Å². The number of thiol groups is 2. The van der Waals surface area contributed by atoms with Crippen LogP contribution in [0, 0.1) is 11.8 Å². The van der Waals surface area contributed by atoms with Crippen LogP contribution in [-0.4, -0.2) is 13.2 Å². The average Bonchev–Trinajstić information content (AvgIpc) is 2.69. The van der Waals surface area contributed by atoms with Crippen molar-refractivity contribution in [3.63, 3.8) is 0 Å². The third-order valence-corrected chi connectivity index (χ3v) is 5.34. The fourth-order valence-corrected chi connectivity index (χ4v) is 3.17. The van der Waals surface area contributed by atoms with Gasteiger partial charge in [-0.3, -0.25) is 0 Å². The highest BCUT2D eigenvalue weighted by molar-refractivity contribution is 7.96. The van der Waals surface area contributed by atoms with Crippen LogP contribution in [0.4, 0.5) is 0 Å². The van der Waals surface area contributed by atoms with Gasteiger partial charge >= 0.3 is 0 Å². The Kier molecular flexibility index (Phi) is 8.84. The van der Waals surface area contributed by atoms with E-state index in [1.54, 1.807) is 0 Å². The number of benzene rings is 2. The lowest BCUT2D eigenvalue weighted by Crippen LogP contribution is -2.07. The van der Waals surface area contributed by atoms with Gasteiger partial charge in [0.15, 0.2) is 0 Å². The highest BCUT2D eigenvalue weighted by atomic mass is 32.1. The Labute approximate surface area is 181 Å². The lowest BCUT2D eigenvalue weighted by atomic mass is 10.1. The molecule has 0 aliphatic rings. The van der Waals surface area contributed by atoms with Crippen LogP contribution in [0.2, 0.25) is 0 Å². The first kappa shape index (κ1) is 22.8. The van der Waals surface area contributed by atoms with E-state index in [2.05, 4.69) is 58.9 Å². The van der Waals surface area contributed by atoms with Crippen molar-refractivity contribution in [3.8, 4) is 11.5 Å². The predicted molar refractivity (Wildman–Crippen MR) is 128 cm³/mol. The lowest BCUT2D eigenvalue weighted by Gasteiger charge is -2.17. The van der Waals surface area contributed by atoms with Gasteiger partial charge in [0.05, 0.1) is 13.2 Å². The fourth-order valence-electron chi connectivity index (χ4n) is 2.59. The molecule has 0 N–H and O–H groups in total. The van der Waals surface area contributed by atoms with Crippen molar-refractivity contribution >= 4 is 35.1 Å². The molecule has 0 heterocycles. The maximum absolute atomic E-state index is 6.05. The van der Waals surface area contributed by atoms with Crippen LogP contribution < -0.4 is 9.47 Å². The summed E-state index contributed by atoms with van der Waals surface area (Å²) in [4.78, 5) is 1.60. The van der Waals surface area contributed by atoms with Gasteiger partial charge in [0.2, 0.25) is 0 Å². The number of aryl methyl sites for hydroxylation is 1. The Hall–Kier alpha value is -1.52. The molecule has 0 bridgehead atoms. The maximum atomic E-state index is 6.05.